The van der Waals surface area contributed by atoms with Crippen molar-refractivity contribution in [1.82, 2.24) is 5.32 Å². The lowest BCUT2D eigenvalue weighted by atomic mass is 10.3. The summed E-state index contributed by atoms with van der Waals surface area (Å²) in [6.45, 7) is 12.3. The van der Waals surface area contributed by atoms with Crippen LogP contribution >= 0.6 is 0 Å². The summed E-state index contributed by atoms with van der Waals surface area (Å²) in [5, 5.41) is 3.14. The van der Waals surface area contributed by atoms with Crippen LogP contribution in [-0.2, 0) is 13.3 Å². The van der Waals surface area contributed by atoms with Crippen LogP contribution in [0.15, 0.2) is 0 Å². The first-order valence-electron chi connectivity index (χ1n) is 7.18. The fourth-order valence-electron chi connectivity index (χ4n) is 1.73. The summed E-state index contributed by atoms with van der Waals surface area (Å²) in [4.78, 5) is 0. The second kappa shape index (κ2) is 9.05. The number of nitrogens with one attached hydrogen (secondary N) is 1. The summed E-state index contributed by atoms with van der Waals surface area (Å²) in [7, 11) is -2.60. The first-order valence-corrected chi connectivity index (χ1v) is 8.41. The van der Waals surface area contributed by atoms with Crippen LogP contribution in [-0.4, -0.2) is 34.8 Å². The molecule has 4 nitrogen and oxygen atoms in total. The van der Waals surface area contributed by atoms with Crippen molar-refractivity contribution in [3.05, 3.63) is 0 Å². The van der Waals surface area contributed by atoms with E-state index >= 15 is 0 Å². The van der Waals surface area contributed by atoms with E-state index in [1.807, 2.05) is 20.8 Å². The van der Waals surface area contributed by atoms with Gasteiger partial charge in [0.15, 0.2) is 0 Å². The molecule has 0 bridgehead atoms. The SMILES string of the molecule is [2H]CCNC(C)O[Si](CC(C)C)(OCC)OCC. The molecule has 0 radical (unpaired) electrons. The zero-order valence-corrected chi connectivity index (χ0v) is 12.9. The molecule has 0 aliphatic rings. The van der Waals surface area contributed by atoms with E-state index in [-0.39, 0.29) is 6.23 Å². The van der Waals surface area contributed by atoms with Gasteiger partial charge in [0.2, 0.25) is 0 Å². The second-order valence-electron chi connectivity index (χ2n) is 4.36. The van der Waals surface area contributed by atoms with Gasteiger partial charge in [0.1, 0.15) is 0 Å². The molecular weight excluding hydrogens is 234 g/mol. The van der Waals surface area contributed by atoms with E-state index in [1.54, 1.807) is 0 Å². The van der Waals surface area contributed by atoms with E-state index < -0.39 is 8.80 Å². The van der Waals surface area contributed by atoms with Gasteiger partial charge in [-0.2, -0.15) is 0 Å². The van der Waals surface area contributed by atoms with Gasteiger partial charge < -0.3 is 13.3 Å². The van der Waals surface area contributed by atoms with Crippen LogP contribution in [0.4, 0.5) is 0 Å². The minimum absolute atomic E-state index is 0.140. The molecule has 0 aliphatic carbocycles. The van der Waals surface area contributed by atoms with E-state index in [4.69, 9.17) is 14.6 Å². The molecule has 0 saturated heterocycles. The van der Waals surface area contributed by atoms with Gasteiger partial charge in [-0.25, -0.2) is 0 Å². The molecule has 0 spiro atoms. The summed E-state index contributed by atoms with van der Waals surface area (Å²) >= 11 is 0. The van der Waals surface area contributed by atoms with Crippen LogP contribution in [0.25, 0.3) is 0 Å². The highest BCUT2D eigenvalue weighted by Crippen LogP contribution is 2.22. The highest BCUT2D eigenvalue weighted by Gasteiger charge is 2.42. The van der Waals surface area contributed by atoms with E-state index in [0.717, 1.165) is 6.04 Å². The van der Waals surface area contributed by atoms with Crippen LogP contribution in [0.2, 0.25) is 6.04 Å². The third-order valence-corrected chi connectivity index (χ3v) is 5.66. The highest BCUT2D eigenvalue weighted by molar-refractivity contribution is 6.60. The largest absolute Gasteiger partial charge is 0.502 e. The Hall–Kier alpha value is 0.0569. The summed E-state index contributed by atoms with van der Waals surface area (Å²) in [5.41, 5.74) is 0. The van der Waals surface area contributed by atoms with Crippen LogP contribution < -0.4 is 5.32 Å². The second-order valence-corrected chi connectivity index (χ2v) is 6.95. The zero-order chi connectivity index (χ0) is 14.0. The fourth-order valence-corrected chi connectivity index (χ4v) is 4.78. The molecule has 0 aromatic carbocycles. The van der Waals surface area contributed by atoms with E-state index in [1.165, 1.54) is 0 Å². The number of rotatable bonds is 10. The molecule has 0 aromatic heterocycles. The molecule has 0 aromatic rings. The Labute approximate surface area is 109 Å². The average molecular weight is 264 g/mol. The van der Waals surface area contributed by atoms with Crippen LogP contribution in [0.3, 0.4) is 0 Å². The van der Waals surface area contributed by atoms with E-state index in [0.29, 0.717) is 32.6 Å². The molecule has 0 amide bonds. The molecule has 0 aliphatic heterocycles. The minimum atomic E-state index is -2.60. The van der Waals surface area contributed by atoms with Crippen LogP contribution in [0.1, 0.15) is 42.9 Å². The van der Waals surface area contributed by atoms with Crippen molar-refractivity contribution >= 4 is 8.80 Å². The Bertz CT molecular complexity index is 202. The minimum Gasteiger partial charge on any atom is -0.374 e. The molecule has 5 heteroatoms. The predicted molar refractivity (Wildman–Crippen MR) is 72.9 cm³/mol. The molecule has 1 atom stereocenters. The summed E-state index contributed by atoms with van der Waals surface area (Å²) in [6, 6.07) is 0.821. The van der Waals surface area contributed by atoms with Gasteiger partial charge >= 0.3 is 8.80 Å². The van der Waals surface area contributed by atoms with E-state index in [2.05, 4.69) is 19.2 Å². The predicted octanol–water partition coefficient (Wildman–Crippen LogP) is 2.63. The van der Waals surface area contributed by atoms with Crippen molar-refractivity contribution in [2.45, 2.75) is 53.8 Å². The lowest BCUT2D eigenvalue weighted by molar-refractivity contribution is 0.0250. The summed E-state index contributed by atoms with van der Waals surface area (Å²) < 4.78 is 24.8. The fraction of sp³-hybridized carbons (Fsp3) is 1.00. The quantitative estimate of drug-likeness (QED) is 0.486. The van der Waals surface area contributed by atoms with Gasteiger partial charge in [-0.05, 0) is 33.2 Å². The topological polar surface area (TPSA) is 39.7 Å². The van der Waals surface area contributed by atoms with Gasteiger partial charge in [-0.15, -0.1) is 0 Å². The van der Waals surface area contributed by atoms with Crippen molar-refractivity contribution in [3.63, 3.8) is 0 Å². The van der Waals surface area contributed by atoms with Crippen LogP contribution in [0.5, 0.6) is 0 Å². The van der Waals surface area contributed by atoms with Crippen molar-refractivity contribution in [2.75, 3.05) is 19.8 Å². The third kappa shape index (κ3) is 7.16. The molecule has 0 heterocycles. The zero-order valence-electron chi connectivity index (χ0n) is 12.9. The summed E-state index contributed by atoms with van der Waals surface area (Å²) in [6.07, 6.45) is -0.140. The average Bonchev–Trinajstić information content (AvgIpc) is 2.26. The Morgan fingerprint density at radius 1 is 1.18 bits per heavy atom. The Morgan fingerprint density at radius 2 is 1.76 bits per heavy atom. The smallest absolute Gasteiger partial charge is 0.374 e. The lowest BCUT2D eigenvalue weighted by Gasteiger charge is -2.33. The van der Waals surface area contributed by atoms with Gasteiger partial charge in [0.25, 0.3) is 0 Å². The first kappa shape index (κ1) is 15.1. The maximum atomic E-state index is 7.13. The number of hydrogen-bond acceptors (Lipinski definition) is 4. The molecular formula is C12H29NO3Si. The Kier molecular flexibility index (Phi) is 8.05. The van der Waals surface area contributed by atoms with Crippen LogP contribution in [0, 0.1) is 5.92 Å². The normalized spacial score (nSPS) is 15.1. The van der Waals surface area contributed by atoms with Crippen molar-refractivity contribution in [3.8, 4) is 0 Å². The van der Waals surface area contributed by atoms with Gasteiger partial charge in [0.05, 0.1) is 6.23 Å². The van der Waals surface area contributed by atoms with Gasteiger partial charge in [-0.1, -0.05) is 20.7 Å². The molecule has 1 unspecified atom stereocenters. The standard InChI is InChI=1S/C12H29NO3Si/c1-7-13-12(6)16-17(14-8-2,15-9-3)10-11(4)5/h11-13H,7-10H2,1-6H3/i1D. The Balaban J connectivity index is 4.58. The monoisotopic (exact) mass is 264 g/mol. The van der Waals surface area contributed by atoms with Crippen molar-refractivity contribution in [2.24, 2.45) is 5.92 Å². The number of hydrogen-bond donors (Lipinski definition) is 1. The van der Waals surface area contributed by atoms with Crippen molar-refractivity contribution in [1.29, 1.82) is 0 Å². The highest BCUT2D eigenvalue weighted by atomic mass is 28.4. The maximum absolute atomic E-state index is 7.13. The van der Waals surface area contributed by atoms with Gasteiger partial charge in [0, 0.05) is 20.6 Å². The van der Waals surface area contributed by atoms with Gasteiger partial charge in [-0.3, -0.25) is 5.32 Å². The lowest BCUT2D eigenvalue weighted by Crippen LogP contribution is -2.51. The maximum Gasteiger partial charge on any atom is 0.502 e. The van der Waals surface area contributed by atoms with E-state index in [9.17, 15) is 0 Å². The summed E-state index contributed by atoms with van der Waals surface area (Å²) in [5.74, 6) is 0.471. The molecule has 104 valence electrons. The third-order valence-electron chi connectivity index (χ3n) is 2.17. The molecule has 17 heavy (non-hydrogen) atoms. The molecule has 1 N–H and O–H groups in total. The molecule has 0 saturated carbocycles. The van der Waals surface area contributed by atoms with Crippen molar-refractivity contribution < 1.29 is 14.6 Å². The Morgan fingerprint density at radius 3 is 2.18 bits per heavy atom. The first-order chi connectivity index (χ1) is 8.49. The molecule has 0 rings (SSSR count). The molecule has 0 fully saturated rings.